The lowest BCUT2D eigenvalue weighted by molar-refractivity contribution is 0.0927. The summed E-state index contributed by atoms with van der Waals surface area (Å²) in [6, 6.07) is 13.8. The van der Waals surface area contributed by atoms with E-state index in [1.54, 1.807) is 10.6 Å². The number of fused-ring (bicyclic) bond motifs is 1. The van der Waals surface area contributed by atoms with Crippen LogP contribution in [0.25, 0.3) is 5.52 Å². The summed E-state index contributed by atoms with van der Waals surface area (Å²) >= 11 is 0. The monoisotopic (exact) mass is 488 g/mol. The van der Waals surface area contributed by atoms with Crippen LogP contribution in [0.1, 0.15) is 47.3 Å². The molecule has 3 N–H and O–H groups in total. The van der Waals surface area contributed by atoms with E-state index in [1.165, 1.54) is 0 Å². The Labute approximate surface area is 212 Å². The van der Waals surface area contributed by atoms with Crippen molar-refractivity contribution in [2.45, 2.75) is 43.7 Å². The van der Waals surface area contributed by atoms with Gasteiger partial charge < -0.3 is 16.0 Å². The van der Waals surface area contributed by atoms with E-state index in [-0.39, 0.29) is 28.5 Å². The third kappa shape index (κ3) is 5.07. The summed E-state index contributed by atoms with van der Waals surface area (Å²) in [7, 11) is 2.00. The van der Waals surface area contributed by atoms with Crippen molar-refractivity contribution in [2.75, 3.05) is 39.8 Å². The number of rotatable bonds is 7. The summed E-state index contributed by atoms with van der Waals surface area (Å²) < 4.78 is 1.62. The molecule has 2 fully saturated rings. The summed E-state index contributed by atoms with van der Waals surface area (Å²) in [4.78, 5) is 33.5. The van der Waals surface area contributed by atoms with E-state index in [4.69, 9.17) is 0 Å². The van der Waals surface area contributed by atoms with E-state index < -0.39 is 0 Å². The van der Waals surface area contributed by atoms with Gasteiger partial charge in [0.05, 0.1) is 5.52 Å². The van der Waals surface area contributed by atoms with Crippen molar-refractivity contribution in [1.82, 2.24) is 30.2 Å². The van der Waals surface area contributed by atoms with Gasteiger partial charge in [-0.1, -0.05) is 12.1 Å². The largest absolute Gasteiger partial charge is 0.349 e. The Morgan fingerprint density at radius 2 is 1.92 bits per heavy atom. The molecule has 0 bridgehead atoms. The predicted molar refractivity (Wildman–Crippen MR) is 141 cm³/mol. The number of nitrogens with one attached hydrogen (secondary N) is 3. The van der Waals surface area contributed by atoms with Gasteiger partial charge in [0.25, 0.3) is 11.5 Å². The Hall–Kier alpha value is -3.07. The van der Waals surface area contributed by atoms with Crippen molar-refractivity contribution >= 4 is 11.4 Å². The zero-order chi connectivity index (χ0) is 25.0. The number of piperidine rings is 2. The number of hydrogen-bond donors (Lipinski definition) is 3. The Morgan fingerprint density at radius 3 is 2.64 bits per heavy atom. The molecule has 5 heterocycles. The molecule has 8 heteroatoms. The van der Waals surface area contributed by atoms with E-state index >= 15 is 0 Å². The Bertz CT molecular complexity index is 1240. The van der Waals surface area contributed by atoms with E-state index in [9.17, 15) is 9.59 Å². The maximum Gasteiger partial charge on any atom is 0.267 e. The molecule has 36 heavy (non-hydrogen) atoms. The highest BCUT2D eigenvalue weighted by Gasteiger charge is 2.37. The minimum Gasteiger partial charge on any atom is -0.349 e. The van der Waals surface area contributed by atoms with Crippen LogP contribution >= 0.6 is 0 Å². The van der Waals surface area contributed by atoms with E-state index in [0.717, 1.165) is 75.2 Å². The first-order chi connectivity index (χ1) is 17.6. The normalized spacial score (nSPS) is 18.8. The van der Waals surface area contributed by atoms with Gasteiger partial charge in [0, 0.05) is 42.6 Å². The minimum absolute atomic E-state index is 0.0160. The lowest BCUT2D eigenvalue weighted by atomic mass is 9.75. The molecule has 190 valence electrons. The maximum atomic E-state index is 13.2. The molecule has 1 amide bonds. The van der Waals surface area contributed by atoms with Crippen LogP contribution in [-0.2, 0) is 12.0 Å². The van der Waals surface area contributed by atoms with Gasteiger partial charge in [-0.3, -0.25) is 23.9 Å². The van der Waals surface area contributed by atoms with Crippen molar-refractivity contribution in [1.29, 1.82) is 0 Å². The van der Waals surface area contributed by atoms with Crippen LogP contribution < -0.4 is 21.5 Å². The van der Waals surface area contributed by atoms with Crippen LogP contribution in [0.4, 0.5) is 0 Å². The molecule has 2 saturated heterocycles. The average Bonchev–Trinajstić information content (AvgIpc) is 2.92. The summed E-state index contributed by atoms with van der Waals surface area (Å²) in [5.41, 5.74) is 2.99. The van der Waals surface area contributed by atoms with Gasteiger partial charge in [0.1, 0.15) is 5.56 Å². The summed E-state index contributed by atoms with van der Waals surface area (Å²) in [5.74, 6) is -0.270. The lowest BCUT2D eigenvalue weighted by Gasteiger charge is -2.41. The van der Waals surface area contributed by atoms with Gasteiger partial charge >= 0.3 is 0 Å². The molecule has 0 spiro atoms. The summed E-state index contributed by atoms with van der Waals surface area (Å²) in [6.07, 6.45) is 7.40. The molecule has 8 nitrogen and oxygen atoms in total. The number of aromatic nitrogens is 2. The number of hydrogen-bond acceptors (Lipinski definition) is 6. The Balaban J connectivity index is 1.38. The van der Waals surface area contributed by atoms with Gasteiger partial charge in [-0.15, -0.1) is 0 Å². The smallest absolute Gasteiger partial charge is 0.267 e. The van der Waals surface area contributed by atoms with Crippen molar-refractivity contribution in [2.24, 2.45) is 0 Å². The van der Waals surface area contributed by atoms with Gasteiger partial charge in [0.15, 0.2) is 0 Å². The van der Waals surface area contributed by atoms with Crippen molar-refractivity contribution in [3.8, 4) is 0 Å². The fourth-order valence-corrected chi connectivity index (χ4v) is 5.76. The molecule has 3 aromatic rings. The molecule has 2 aliphatic rings. The second kappa shape index (κ2) is 10.9. The molecule has 0 radical (unpaired) electrons. The van der Waals surface area contributed by atoms with E-state index in [0.29, 0.717) is 6.54 Å². The summed E-state index contributed by atoms with van der Waals surface area (Å²) in [6.45, 7) is 5.20. The van der Waals surface area contributed by atoms with Crippen LogP contribution in [0.5, 0.6) is 0 Å². The van der Waals surface area contributed by atoms with Gasteiger partial charge in [-0.25, -0.2) is 0 Å². The number of likely N-dealkylation sites (N-methyl/N-ethyl adjacent to an activating group) is 1. The molecule has 2 aliphatic heterocycles. The fraction of sp³-hybridized carbons (Fsp3) is 0.464. The number of nitrogens with zero attached hydrogens (tertiary/aromatic N) is 3. The standard InChI is InChI=1S/C28H36N6O2/c1-29-20-28(25-7-2-4-12-31-25)10-16-33(17-11-28)19-21-18-23(26(35)32-22-8-13-30-14-9-22)27(36)34-15-5-3-6-24(21)34/h2-7,12,15,18,22,29-30H,8-11,13-14,16-17,19-20H2,1H3,(H,32,35). The third-order valence-corrected chi connectivity index (χ3v) is 7.81. The number of amides is 1. The Morgan fingerprint density at radius 1 is 1.14 bits per heavy atom. The van der Waals surface area contributed by atoms with Crippen LogP contribution in [0, 0.1) is 0 Å². The first kappa shape index (κ1) is 24.6. The first-order valence-corrected chi connectivity index (χ1v) is 13.0. The van der Waals surface area contributed by atoms with Crippen LogP contribution in [0.3, 0.4) is 0 Å². The fourth-order valence-electron chi connectivity index (χ4n) is 5.76. The highest BCUT2D eigenvalue weighted by molar-refractivity contribution is 5.94. The van der Waals surface area contributed by atoms with Crippen molar-refractivity contribution in [3.05, 3.63) is 82.0 Å². The highest BCUT2D eigenvalue weighted by atomic mass is 16.2. The van der Waals surface area contributed by atoms with Crippen molar-refractivity contribution in [3.63, 3.8) is 0 Å². The second-order valence-electron chi connectivity index (χ2n) is 10.1. The molecule has 0 atom stereocenters. The molecule has 5 rings (SSSR count). The third-order valence-electron chi connectivity index (χ3n) is 7.81. The van der Waals surface area contributed by atoms with E-state index in [2.05, 4.69) is 38.0 Å². The molecular formula is C28H36N6O2. The second-order valence-corrected chi connectivity index (χ2v) is 10.1. The molecule has 0 aliphatic carbocycles. The highest BCUT2D eigenvalue weighted by Crippen LogP contribution is 2.34. The zero-order valence-electron chi connectivity index (χ0n) is 21.0. The SMILES string of the molecule is CNCC1(c2ccccn2)CCN(Cc2cc(C(=O)NC3CCNCC3)c(=O)n3ccccc23)CC1. The average molecular weight is 489 g/mol. The van der Waals surface area contributed by atoms with Crippen molar-refractivity contribution < 1.29 is 4.79 Å². The molecular weight excluding hydrogens is 452 g/mol. The molecule has 3 aromatic heterocycles. The number of pyridine rings is 3. The number of likely N-dealkylation sites (tertiary alicyclic amines) is 1. The number of carbonyl (C=O) groups excluding carboxylic acids is 1. The number of carbonyl (C=O) groups is 1. The predicted octanol–water partition coefficient (Wildman–Crippen LogP) is 1.93. The van der Waals surface area contributed by atoms with Crippen LogP contribution in [-0.4, -0.2) is 66.0 Å². The van der Waals surface area contributed by atoms with E-state index in [1.807, 2.05) is 43.6 Å². The molecule has 0 saturated carbocycles. The lowest BCUT2D eigenvalue weighted by Crippen LogP contribution is -2.47. The van der Waals surface area contributed by atoms with Crippen LogP contribution in [0.2, 0.25) is 0 Å². The maximum absolute atomic E-state index is 13.2. The van der Waals surface area contributed by atoms with Gasteiger partial charge in [0.2, 0.25) is 0 Å². The Kier molecular flexibility index (Phi) is 7.46. The van der Waals surface area contributed by atoms with Crippen LogP contribution in [0.15, 0.2) is 59.7 Å². The summed E-state index contributed by atoms with van der Waals surface area (Å²) in [5, 5.41) is 9.79. The quantitative estimate of drug-likeness (QED) is 0.471. The topological polar surface area (TPSA) is 90.8 Å². The molecule has 0 aromatic carbocycles. The molecule has 0 unspecified atom stereocenters. The first-order valence-electron chi connectivity index (χ1n) is 13.0. The minimum atomic E-state index is -0.270. The van der Waals surface area contributed by atoms with Gasteiger partial charge in [-0.2, -0.15) is 0 Å². The van der Waals surface area contributed by atoms with Gasteiger partial charge in [-0.05, 0) is 94.8 Å². The zero-order valence-corrected chi connectivity index (χ0v) is 21.0.